The number of rotatable bonds is 3. The van der Waals surface area contributed by atoms with Crippen LogP contribution in [0.2, 0.25) is 0 Å². The molecule has 3 N–H and O–H groups in total. The van der Waals surface area contributed by atoms with E-state index in [0.29, 0.717) is 38.5 Å². The number of aliphatic hydroxyl groups excluding tert-OH is 2. The average molecular weight is 451 g/mol. The Morgan fingerprint density at radius 1 is 1.12 bits per heavy atom. The molecule has 0 aromatic rings. The molecule has 0 radical (unpaired) electrons. The summed E-state index contributed by atoms with van der Waals surface area (Å²) in [6, 6.07) is 0. The van der Waals surface area contributed by atoms with Gasteiger partial charge in [0, 0.05) is 25.2 Å². The molecule has 0 saturated heterocycles. The Morgan fingerprint density at radius 2 is 1.78 bits per heavy atom. The van der Waals surface area contributed by atoms with Gasteiger partial charge in [-0.3, -0.25) is 9.59 Å². The molecule has 4 aliphatic rings. The molecule has 4 rings (SSSR count). The van der Waals surface area contributed by atoms with Crippen molar-refractivity contribution >= 4 is 11.9 Å². The Labute approximate surface area is 190 Å². The SMILES string of the molecule is CC(=O)OC1C(OC(C)=O)[C@]2(C)[C@@H](C(C)O)CC[C@@]2(O)[C@@H]2CC=C3CC(O)CC[C@]3(C)[C@@H]12. The molecule has 3 fully saturated rings. The molecule has 0 aromatic carbocycles. The van der Waals surface area contributed by atoms with Gasteiger partial charge in [-0.05, 0) is 62.7 Å². The van der Waals surface area contributed by atoms with Crippen molar-refractivity contribution in [3.63, 3.8) is 0 Å². The fourth-order valence-corrected chi connectivity index (χ4v) is 8.13. The fraction of sp³-hybridized carbons (Fsp3) is 0.840. The molecule has 180 valence electrons. The number of aliphatic hydroxyl groups is 3. The molecule has 0 amide bonds. The summed E-state index contributed by atoms with van der Waals surface area (Å²) in [5.41, 5.74) is -1.41. The van der Waals surface area contributed by atoms with Gasteiger partial charge in [0.05, 0.1) is 17.8 Å². The van der Waals surface area contributed by atoms with Gasteiger partial charge >= 0.3 is 11.9 Å². The van der Waals surface area contributed by atoms with E-state index in [4.69, 9.17) is 9.47 Å². The maximum Gasteiger partial charge on any atom is 0.303 e. The smallest absolute Gasteiger partial charge is 0.303 e. The van der Waals surface area contributed by atoms with Crippen molar-refractivity contribution in [2.45, 2.75) is 103 Å². The maximum absolute atomic E-state index is 12.4. The summed E-state index contributed by atoms with van der Waals surface area (Å²) in [7, 11) is 0. The van der Waals surface area contributed by atoms with Crippen LogP contribution in [0.5, 0.6) is 0 Å². The number of ether oxygens (including phenoxy) is 2. The van der Waals surface area contributed by atoms with Gasteiger partial charge in [-0.1, -0.05) is 25.5 Å². The number of hydrogen-bond donors (Lipinski definition) is 3. The molecule has 3 saturated carbocycles. The molecule has 0 bridgehead atoms. The van der Waals surface area contributed by atoms with Crippen LogP contribution >= 0.6 is 0 Å². The second-order valence-electron chi connectivity index (χ2n) is 11.1. The van der Waals surface area contributed by atoms with Crippen LogP contribution in [0.3, 0.4) is 0 Å². The quantitative estimate of drug-likeness (QED) is 0.447. The first-order valence-electron chi connectivity index (χ1n) is 12.0. The predicted octanol–water partition coefficient (Wildman–Crippen LogP) is 2.51. The highest BCUT2D eigenvalue weighted by Crippen LogP contribution is 2.69. The molecule has 7 heteroatoms. The molecule has 0 heterocycles. The number of esters is 2. The summed E-state index contributed by atoms with van der Waals surface area (Å²) in [6.45, 7) is 8.43. The van der Waals surface area contributed by atoms with Crippen LogP contribution in [0.25, 0.3) is 0 Å². The van der Waals surface area contributed by atoms with Crippen molar-refractivity contribution in [1.29, 1.82) is 0 Å². The molecular formula is C25H38O7. The molecule has 0 aromatic heterocycles. The van der Waals surface area contributed by atoms with Gasteiger partial charge in [0.2, 0.25) is 0 Å². The molecule has 4 unspecified atom stereocenters. The first-order chi connectivity index (χ1) is 14.9. The zero-order valence-corrected chi connectivity index (χ0v) is 19.8. The summed E-state index contributed by atoms with van der Waals surface area (Å²) >= 11 is 0. The Balaban J connectivity index is 1.92. The predicted molar refractivity (Wildman–Crippen MR) is 116 cm³/mol. The highest BCUT2D eigenvalue weighted by molar-refractivity contribution is 5.67. The van der Waals surface area contributed by atoms with Gasteiger partial charge in [-0.15, -0.1) is 0 Å². The minimum atomic E-state index is -1.18. The summed E-state index contributed by atoms with van der Waals surface area (Å²) in [5.74, 6) is -1.73. The van der Waals surface area contributed by atoms with Crippen molar-refractivity contribution in [2.24, 2.45) is 28.6 Å². The van der Waals surface area contributed by atoms with Crippen LogP contribution in [0, 0.1) is 28.6 Å². The lowest BCUT2D eigenvalue weighted by molar-refractivity contribution is -0.279. The molecule has 32 heavy (non-hydrogen) atoms. The van der Waals surface area contributed by atoms with Gasteiger partial charge in [-0.2, -0.15) is 0 Å². The van der Waals surface area contributed by atoms with Gasteiger partial charge in [0.25, 0.3) is 0 Å². The topological polar surface area (TPSA) is 113 Å². The highest BCUT2D eigenvalue weighted by atomic mass is 16.6. The lowest BCUT2D eigenvalue weighted by atomic mass is 9.43. The Morgan fingerprint density at radius 3 is 2.38 bits per heavy atom. The number of fused-ring (bicyclic) bond motifs is 5. The van der Waals surface area contributed by atoms with Crippen molar-refractivity contribution < 1.29 is 34.4 Å². The lowest BCUT2D eigenvalue weighted by Gasteiger charge is -2.65. The van der Waals surface area contributed by atoms with E-state index in [1.54, 1.807) is 6.92 Å². The van der Waals surface area contributed by atoms with Crippen molar-refractivity contribution in [2.75, 3.05) is 0 Å². The fourth-order valence-electron chi connectivity index (χ4n) is 8.13. The van der Waals surface area contributed by atoms with E-state index in [-0.39, 0.29) is 23.2 Å². The molecule has 0 aliphatic heterocycles. The molecule has 0 spiro atoms. The molecule has 7 nitrogen and oxygen atoms in total. The second kappa shape index (κ2) is 7.81. The maximum atomic E-state index is 12.4. The minimum Gasteiger partial charge on any atom is -0.458 e. The van der Waals surface area contributed by atoms with Crippen LogP contribution < -0.4 is 0 Å². The number of carbonyl (C=O) groups excluding carboxylic acids is 2. The number of hydrogen-bond acceptors (Lipinski definition) is 7. The third-order valence-corrected chi connectivity index (χ3v) is 9.55. The summed E-state index contributed by atoms with van der Waals surface area (Å²) in [6.07, 6.45) is 3.04. The van der Waals surface area contributed by atoms with Gasteiger partial charge in [-0.25, -0.2) is 0 Å². The lowest BCUT2D eigenvalue weighted by Crippen LogP contribution is -2.72. The third kappa shape index (κ3) is 3.18. The second-order valence-corrected chi connectivity index (χ2v) is 11.1. The van der Waals surface area contributed by atoms with Crippen LogP contribution in [-0.4, -0.2) is 57.3 Å². The molecule has 4 aliphatic carbocycles. The van der Waals surface area contributed by atoms with Gasteiger partial charge in [0.15, 0.2) is 0 Å². The first-order valence-corrected chi connectivity index (χ1v) is 12.0. The van der Waals surface area contributed by atoms with E-state index >= 15 is 0 Å². The average Bonchev–Trinajstić information content (AvgIpc) is 2.97. The first kappa shape index (κ1) is 23.7. The third-order valence-electron chi connectivity index (χ3n) is 9.55. The Kier molecular flexibility index (Phi) is 5.79. The Bertz CT molecular complexity index is 821. The summed E-state index contributed by atoms with van der Waals surface area (Å²) in [4.78, 5) is 24.6. The monoisotopic (exact) mass is 450 g/mol. The van der Waals surface area contributed by atoms with E-state index < -0.39 is 47.4 Å². The van der Waals surface area contributed by atoms with Gasteiger partial charge < -0.3 is 24.8 Å². The van der Waals surface area contributed by atoms with E-state index in [2.05, 4.69) is 13.0 Å². The largest absolute Gasteiger partial charge is 0.458 e. The van der Waals surface area contributed by atoms with E-state index in [0.717, 1.165) is 5.57 Å². The number of allylic oxidation sites excluding steroid dienone is 1. The van der Waals surface area contributed by atoms with Crippen molar-refractivity contribution in [1.82, 2.24) is 0 Å². The van der Waals surface area contributed by atoms with E-state index in [9.17, 15) is 24.9 Å². The van der Waals surface area contributed by atoms with Gasteiger partial charge in [0.1, 0.15) is 12.2 Å². The van der Waals surface area contributed by atoms with Crippen LogP contribution in [0.4, 0.5) is 0 Å². The van der Waals surface area contributed by atoms with Crippen molar-refractivity contribution in [3.8, 4) is 0 Å². The Hall–Kier alpha value is -1.44. The zero-order valence-electron chi connectivity index (χ0n) is 19.8. The van der Waals surface area contributed by atoms with Crippen LogP contribution in [0.15, 0.2) is 11.6 Å². The summed E-state index contributed by atoms with van der Waals surface area (Å²) < 4.78 is 11.9. The van der Waals surface area contributed by atoms with Crippen LogP contribution in [0.1, 0.15) is 73.1 Å². The van der Waals surface area contributed by atoms with Crippen LogP contribution in [-0.2, 0) is 19.1 Å². The molecular weight excluding hydrogens is 412 g/mol. The normalized spacial score (nSPS) is 48.6. The van der Waals surface area contributed by atoms with E-state index in [1.807, 2.05) is 6.92 Å². The zero-order chi connectivity index (χ0) is 23.6. The molecule has 10 atom stereocenters. The van der Waals surface area contributed by atoms with E-state index in [1.165, 1.54) is 13.8 Å². The standard InChI is InChI=1S/C25H38O7/c1-13(26)18-9-11-25(30)19-7-6-16-12-17(29)8-10-23(16,4)20(19)21(31-14(2)27)22(24(18,25)5)32-15(3)28/h6,13,17-22,26,29-30H,7-12H2,1-5H3/t13?,17?,18-,19-,20-,21?,22?,23+,24+,25-/m1/s1. The minimum absolute atomic E-state index is 0.212. The van der Waals surface area contributed by atoms with Crippen molar-refractivity contribution in [3.05, 3.63) is 11.6 Å². The summed E-state index contributed by atoms with van der Waals surface area (Å²) in [5, 5.41) is 33.3. The number of carbonyl (C=O) groups is 2. The highest BCUT2D eigenvalue weighted by Gasteiger charge is 2.75.